The standard InChI is InChI=1S/C52H33N3/c53-34-35-19-21-37(22-20-35)43-28-44(45-31-49(38-12-3-1-4-13-38)54-50(32-45)39-14-5-2-6-15-39)30-46(29-43)55-51-18-10-9-17-47(51)48-26-25-42(33-52(48)55)41-24-23-36-11-7-8-16-40(36)27-41/h1-33H. The Kier molecular flexibility index (Phi) is 7.86. The second-order valence-electron chi connectivity index (χ2n) is 14.0. The van der Waals surface area contributed by atoms with E-state index in [0.717, 1.165) is 61.5 Å². The lowest BCUT2D eigenvalue weighted by Crippen LogP contribution is -1.97. The SMILES string of the molecule is N#Cc1ccc(-c2cc(-c3cc(-c4ccccc4)nc(-c4ccccc4)c3)cc(-n3c4ccccc4c4ccc(-c5ccc6ccccc6c5)cc43)c2)cc1. The first-order valence-corrected chi connectivity index (χ1v) is 18.5. The third-order valence-electron chi connectivity index (χ3n) is 10.6. The van der Waals surface area contributed by atoms with Crippen LogP contribution in [0.4, 0.5) is 0 Å². The topological polar surface area (TPSA) is 41.6 Å². The number of hydrogen-bond donors (Lipinski definition) is 0. The van der Waals surface area contributed by atoms with Crippen LogP contribution in [0, 0.1) is 11.3 Å². The molecule has 10 aromatic rings. The van der Waals surface area contributed by atoms with Crippen LogP contribution in [0.3, 0.4) is 0 Å². The van der Waals surface area contributed by atoms with Gasteiger partial charge in [-0.2, -0.15) is 5.26 Å². The van der Waals surface area contributed by atoms with Gasteiger partial charge in [0.2, 0.25) is 0 Å². The van der Waals surface area contributed by atoms with Crippen LogP contribution in [0.1, 0.15) is 5.56 Å². The summed E-state index contributed by atoms with van der Waals surface area (Å²) in [6.45, 7) is 0. The highest BCUT2D eigenvalue weighted by atomic mass is 15.0. The van der Waals surface area contributed by atoms with Gasteiger partial charge in [-0.05, 0) is 105 Å². The summed E-state index contributed by atoms with van der Waals surface area (Å²) in [5.41, 5.74) is 14.5. The first kappa shape index (κ1) is 32.1. The molecule has 3 nitrogen and oxygen atoms in total. The first-order valence-electron chi connectivity index (χ1n) is 18.5. The van der Waals surface area contributed by atoms with Crippen LogP contribution in [-0.4, -0.2) is 9.55 Å². The summed E-state index contributed by atoms with van der Waals surface area (Å²) < 4.78 is 2.41. The highest BCUT2D eigenvalue weighted by Gasteiger charge is 2.17. The van der Waals surface area contributed by atoms with Crippen LogP contribution in [0.2, 0.25) is 0 Å². The molecule has 256 valence electrons. The Morgan fingerprint density at radius 3 is 1.62 bits per heavy atom. The van der Waals surface area contributed by atoms with Crippen LogP contribution in [0.25, 0.3) is 94.2 Å². The minimum absolute atomic E-state index is 0.637. The Balaban J connectivity index is 1.23. The number of nitrogens with zero attached hydrogens (tertiary/aromatic N) is 3. The molecule has 0 fully saturated rings. The first-order chi connectivity index (χ1) is 27.2. The Hall–Kier alpha value is -7.54. The molecule has 0 unspecified atom stereocenters. The zero-order valence-corrected chi connectivity index (χ0v) is 29.9. The van der Waals surface area contributed by atoms with E-state index < -0.39 is 0 Å². The van der Waals surface area contributed by atoms with Gasteiger partial charge in [-0.25, -0.2) is 4.98 Å². The lowest BCUT2D eigenvalue weighted by Gasteiger charge is -2.16. The maximum atomic E-state index is 9.60. The van der Waals surface area contributed by atoms with Gasteiger partial charge >= 0.3 is 0 Å². The number of aromatic nitrogens is 2. The van der Waals surface area contributed by atoms with Crippen LogP contribution in [0.5, 0.6) is 0 Å². The molecule has 3 heteroatoms. The molecule has 0 saturated carbocycles. The maximum Gasteiger partial charge on any atom is 0.0991 e. The molecule has 2 heterocycles. The van der Waals surface area contributed by atoms with Crippen molar-refractivity contribution < 1.29 is 0 Å². The van der Waals surface area contributed by atoms with E-state index in [1.54, 1.807) is 0 Å². The number of nitriles is 1. The molecule has 0 spiro atoms. The molecule has 0 saturated heterocycles. The number of fused-ring (bicyclic) bond motifs is 4. The fraction of sp³-hybridized carbons (Fsp3) is 0. The summed E-state index contributed by atoms with van der Waals surface area (Å²) in [5, 5.41) is 14.5. The normalized spacial score (nSPS) is 11.3. The van der Waals surface area contributed by atoms with Crippen molar-refractivity contribution in [1.82, 2.24) is 9.55 Å². The fourth-order valence-corrected chi connectivity index (χ4v) is 7.82. The molecule has 0 amide bonds. The van der Waals surface area contributed by atoms with Crippen molar-refractivity contribution in [3.8, 4) is 67.7 Å². The summed E-state index contributed by atoms with van der Waals surface area (Å²) >= 11 is 0. The molecule has 8 aromatic carbocycles. The van der Waals surface area contributed by atoms with Crippen molar-refractivity contribution in [3.63, 3.8) is 0 Å². The average molecular weight is 700 g/mol. The smallest absolute Gasteiger partial charge is 0.0991 e. The van der Waals surface area contributed by atoms with Crippen LogP contribution in [-0.2, 0) is 0 Å². The van der Waals surface area contributed by atoms with Gasteiger partial charge in [0, 0.05) is 27.6 Å². The van der Waals surface area contributed by atoms with Gasteiger partial charge in [-0.3, -0.25) is 0 Å². The molecule has 55 heavy (non-hydrogen) atoms. The van der Waals surface area contributed by atoms with Crippen LogP contribution >= 0.6 is 0 Å². The minimum atomic E-state index is 0.637. The average Bonchev–Trinajstić information content (AvgIpc) is 3.60. The number of hydrogen-bond acceptors (Lipinski definition) is 2. The van der Waals surface area contributed by atoms with E-state index in [1.165, 1.54) is 32.7 Å². The zero-order valence-electron chi connectivity index (χ0n) is 29.9. The van der Waals surface area contributed by atoms with Crippen LogP contribution in [0.15, 0.2) is 200 Å². The zero-order chi connectivity index (χ0) is 36.7. The summed E-state index contributed by atoms with van der Waals surface area (Å²) in [7, 11) is 0. The third kappa shape index (κ3) is 5.93. The maximum absolute atomic E-state index is 9.60. The van der Waals surface area contributed by atoms with Crippen molar-refractivity contribution in [2.45, 2.75) is 0 Å². The monoisotopic (exact) mass is 699 g/mol. The second kappa shape index (κ2) is 13.5. The predicted molar refractivity (Wildman–Crippen MR) is 228 cm³/mol. The van der Waals surface area contributed by atoms with E-state index in [2.05, 4.69) is 174 Å². The fourth-order valence-electron chi connectivity index (χ4n) is 7.82. The molecule has 0 aliphatic carbocycles. The highest BCUT2D eigenvalue weighted by molar-refractivity contribution is 6.10. The Labute approximate surface area is 319 Å². The second-order valence-corrected chi connectivity index (χ2v) is 14.0. The molecule has 0 aliphatic heterocycles. The number of rotatable bonds is 6. The van der Waals surface area contributed by atoms with Gasteiger partial charge in [0.1, 0.15) is 0 Å². The largest absolute Gasteiger partial charge is 0.309 e. The molecule has 0 radical (unpaired) electrons. The van der Waals surface area contributed by atoms with Gasteiger partial charge in [0.05, 0.1) is 34.1 Å². The molecule has 0 N–H and O–H groups in total. The predicted octanol–water partition coefficient (Wildman–Crippen LogP) is 13.5. The highest BCUT2D eigenvalue weighted by Crippen LogP contribution is 2.39. The number of benzene rings is 8. The van der Waals surface area contributed by atoms with Gasteiger partial charge in [0.25, 0.3) is 0 Å². The molecular weight excluding hydrogens is 667 g/mol. The lowest BCUT2D eigenvalue weighted by molar-refractivity contribution is 1.18. The van der Waals surface area contributed by atoms with Crippen LogP contribution < -0.4 is 0 Å². The minimum Gasteiger partial charge on any atom is -0.309 e. The molecule has 0 bridgehead atoms. The van der Waals surface area contributed by atoms with E-state index in [4.69, 9.17) is 4.98 Å². The number of para-hydroxylation sites is 1. The van der Waals surface area contributed by atoms with Crippen molar-refractivity contribution in [3.05, 3.63) is 206 Å². The van der Waals surface area contributed by atoms with Gasteiger partial charge in [-0.1, -0.05) is 140 Å². The molecule has 0 aliphatic rings. The third-order valence-corrected chi connectivity index (χ3v) is 10.6. The van der Waals surface area contributed by atoms with E-state index in [-0.39, 0.29) is 0 Å². The summed E-state index contributed by atoms with van der Waals surface area (Å²) in [5.74, 6) is 0. The van der Waals surface area contributed by atoms with Gasteiger partial charge in [-0.15, -0.1) is 0 Å². The summed E-state index contributed by atoms with van der Waals surface area (Å²) in [6.07, 6.45) is 0. The number of pyridine rings is 1. The van der Waals surface area contributed by atoms with Gasteiger partial charge in [0.15, 0.2) is 0 Å². The summed E-state index contributed by atoms with van der Waals surface area (Å²) in [4.78, 5) is 5.17. The van der Waals surface area contributed by atoms with Crippen molar-refractivity contribution in [2.24, 2.45) is 0 Å². The Morgan fingerprint density at radius 2 is 0.909 bits per heavy atom. The van der Waals surface area contributed by atoms with E-state index in [9.17, 15) is 5.26 Å². The van der Waals surface area contributed by atoms with Gasteiger partial charge < -0.3 is 4.57 Å². The molecule has 10 rings (SSSR count). The lowest BCUT2D eigenvalue weighted by atomic mass is 9.95. The van der Waals surface area contributed by atoms with Crippen molar-refractivity contribution in [1.29, 1.82) is 5.26 Å². The summed E-state index contributed by atoms with van der Waals surface area (Å²) in [6, 6.07) is 72.9. The van der Waals surface area contributed by atoms with E-state index in [1.807, 2.05) is 36.4 Å². The quantitative estimate of drug-likeness (QED) is 0.173. The van der Waals surface area contributed by atoms with Crippen molar-refractivity contribution in [2.75, 3.05) is 0 Å². The Bertz CT molecular complexity index is 3020. The molecule has 0 atom stereocenters. The van der Waals surface area contributed by atoms with Crippen molar-refractivity contribution >= 4 is 32.6 Å². The van der Waals surface area contributed by atoms with E-state index in [0.29, 0.717) is 5.56 Å². The molecular formula is C52H33N3. The Morgan fingerprint density at radius 1 is 0.364 bits per heavy atom. The van der Waals surface area contributed by atoms with E-state index >= 15 is 0 Å². The molecule has 2 aromatic heterocycles.